The summed E-state index contributed by atoms with van der Waals surface area (Å²) >= 11 is 0. The van der Waals surface area contributed by atoms with E-state index in [9.17, 15) is 13.6 Å². The molecule has 1 unspecified atom stereocenters. The van der Waals surface area contributed by atoms with E-state index in [1.807, 2.05) is 0 Å². The van der Waals surface area contributed by atoms with Gasteiger partial charge in [0.05, 0.1) is 0 Å². The fourth-order valence-corrected chi connectivity index (χ4v) is 1.23. The van der Waals surface area contributed by atoms with Crippen LogP contribution >= 0.6 is 0 Å². The minimum absolute atomic E-state index is 0.00918. The van der Waals surface area contributed by atoms with Gasteiger partial charge in [0.25, 0.3) is 0 Å². The van der Waals surface area contributed by atoms with Crippen molar-refractivity contribution in [1.82, 2.24) is 0 Å². The molecule has 15 heavy (non-hydrogen) atoms. The Morgan fingerprint density at radius 2 is 2.07 bits per heavy atom. The Bertz CT molecular complexity index is 364. The number of carbonyl (C=O) groups excluding carboxylic acids is 1. The van der Waals surface area contributed by atoms with Crippen molar-refractivity contribution in [1.29, 1.82) is 0 Å². The molecule has 1 atom stereocenters. The second kappa shape index (κ2) is 4.87. The summed E-state index contributed by atoms with van der Waals surface area (Å²) in [5.74, 6) is -1.66. The van der Waals surface area contributed by atoms with Gasteiger partial charge in [0.15, 0.2) is 11.6 Å². The quantitative estimate of drug-likeness (QED) is 0.770. The highest BCUT2D eigenvalue weighted by molar-refractivity contribution is 5.75. The van der Waals surface area contributed by atoms with Gasteiger partial charge in [-0.15, -0.1) is 0 Å². The molecule has 2 nitrogen and oxygen atoms in total. The Hall–Kier alpha value is -1.45. The largest absolute Gasteiger partial charge is 0.490 e. The van der Waals surface area contributed by atoms with Gasteiger partial charge in [-0.1, -0.05) is 0 Å². The summed E-state index contributed by atoms with van der Waals surface area (Å²) in [5, 5.41) is 0. The Morgan fingerprint density at radius 3 is 2.60 bits per heavy atom. The summed E-state index contributed by atoms with van der Waals surface area (Å²) < 4.78 is 30.6. The van der Waals surface area contributed by atoms with Crippen LogP contribution in [0.15, 0.2) is 18.2 Å². The minimum Gasteiger partial charge on any atom is -0.490 e. The van der Waals surface area contributed by atoms with Gasteiger partial charge >= 0.3 is 0 Å². The molecule has 0 bridgehead atoms. The molecule has 4 heteroatoms. The molecule has 0 saturated carbocycles. The van der Waals surface area contributed by atoms with E-state index in [4.69, 9.17) is 4.74 Å². The van der Waals surface area contributed by atoms with Crippen LogP contribution in [-0.2, 0) is 4.79 Å². The Balaban J connectivity index is 2.64. The highest BCUT2D eigenvalue weighted by Gasteiger charge is 2.09. The van der Waals surface area contributed by atoms with Gasteiger partial charge in [-0.25, -0.2) is 8.78 Å². The number of halogens is 2. The third-order valence-electron chi connectivity index (χ3n) is 1.80. The number of benzene rings is 1. The third kappa shape index (κ3) is 3.65. The zero-order valence-corrected chi connectivity index (χ0v) is 8.59. The molecule has 0 N–H and O–H groups in total. The number of carbonyl (C=O) groups is 1. The van der Waals surface area contributed by atoms with Crippen molar-refractivity contribution >= 4 is 5.78 Å². The lowest BCUT2D eigenvalue weighted by Crippen LogP contribution is -2.15. The maximum absolute atomic E-state index is 12.8. The first-order valence-corrected chi connectivity index (χ1v) is 4.60. The second-order valence-corrected chi connectivity index (χ2v) is 3.41. The third-order valence-corrected chi connectivity index (χ3v) is 1.80. The van der Waals surface area contributed by atoms with Gasteiger partial charge in [-0.3, -0.25) is 4.79 Å². The number of hydrogen-bond donors (Lipinski definition) is 0. The molecule has 0 amide bonds. The predicted molar refractivity (Wildman–Crippen MR) is 51.7 cm³/mol. The molecule has 1 rings (SSSR count). The first-order valence-electron chi connectivity index (χ1n) is 4.60. The minimum atomic E-state index is -0.956. The highest BCUT2D eigenvalue weighted by atomic mass is 19.2. The molecule has 82 valence electrons. The SMILES string of the molecule is CC(=O)CC(C)Oc1ccc(F)c(F)c1. The van der Waals surface area contributed by atoms with Gasteiger partial charge in [0.2, 0.25) is 0 Å². The van der Waals surface area contributed by atoms with Crippen LogP contribution in [0, 0.1) is 11.6 Å². The first kappa shape index (κ1) is 11.6. The molecule has 1 aromatic rings. The highest BCUT2D eigenvalue weighted by Crippen LogP contribution is 2.17. The van der Waals surface area contributed by atoms with Gasteiger partial charge < -0.3 is 4.74 Å². The lowest BCUT2D eigenvalue weighted by Gasteiger charge is -2.13. The Morgan fingerprint density at radius 1 is 1.40 bits per heavy atom. The molecular formula is C11H12F2O2. The van der Waals surface area contributed by atoms with E-state index in [1.165, 1.54) is 13.0 Å². The molecule has 0 aliphatic heterocycles. The number of ether oxygens (including phenoxy) is 1. The van der Waals surface area contributed by atoms with Crippen molar-refractivity contribution in [3.05, 3.63) is 29.8 Å². The predicted octanol–water partition coefficient (Wildman–Crippen LogP) is 2.71. The topological polar surface area (TPSA) is 26.3 Å². The average molecular weight is 214 g/mol. The van der Waals surface area contributed by atoms with E-state index in [0.29, 0.717) is 0 Å². The van der Waals surface area contributed by atoms with E-state index in [-0.39, 0.29) is 24.1 Å². The van der Waals surface area contributed by atoms with Crippen molar-refractivity contribution in [3.8, 4) is 5.75 Å². The summed E-state index contributed by atoms with van der Waals surface area (Å²) in [5.41, 5.74) is 0. The van der Waals surface area contributed by atoms with E-state index >= 15 is 0 Å². The second-order valence-electron chi connectivity index (χ2n) is 3.41. The van der Waals surface area contributed by atoms with Crippen molar-refractivity contribution in [2.75, 3.05) is 0 Å². The number of hydrogen-bond acceptors (Lipinski definition) is 2. The summed E-state index contributed by atoms with van der Waals surface area (Å²) in [6.45, 7) is 3.15. The monoisotopic (exact) mass is 214 g/mol. The smallest absolute Gasteiger partial charge is 0.162 e. The van der Waals surface area contributed by atoms with Crippen LogP contribution in [0.25, 0.3) is 0 Å². The molecular weight excluding hydrogens is 202 g/mol. The summed E-state index contributed by atoms with van der Waals surface area (Å²) in [6, 6.07) is 3.28. The average Bonchev–Trinajstić information content (AvgIpc) is 2.10. The van der Waals surface area contributed by atoms with Crippen molar-refractivity contribution in [2.24, 2.45) is 0 Å². The standard InChI is InChI=1S/C11H12F2O2/c1-7(14)5-8(2)15-9-3-4-10(12)11(13)6-9/h3-4,6,8H,5H2,1-2H3. The zero-order chi connectivity index (χ0) is 11.4. The molecule has 0 spiro atoms. The molecule has 0 aromatic heterocycles. The Kier molecular flexibility index (Phi) is 3.77. The zero-order valence-electron chi connectivity index (χ0n) is 8.59. The van der Waals surface area contributed by atoms with E-state index < -0.39 is 11.6 Å². The summed E-state index contributed by atoms with van der Waals surface area (Å²) in [4.78, 5) is 10.8. The summed E-state index contributed by atoms with van der Waals surface area (Å²) in [7, 11) is 0. The van der Waals surface area contributed by atoms with Crippen LogP contribution in [0.4, 0.5) is 8.78 Å². The molecule has 1 aromatic carbocycles. The van der Waals surface area contributed by atoms with Gasteiger partial charge in [0, 0.05) is 12.5 Å². The normalized spacial score (nSPS) is 12.3. The Labute approximate surface area is 86.9 Å². The van der Waals surface area contributed by atoms with Crippen molar-refractivity contribution in [3.63, 3.8) is 0 Å². The lowest BCUT2D eigenvalue weighted by molar-refractivity contribution is -0.118. The maximum atomic E-state index is 12.8. The maximum Gasteiger partial charge on any atom is 0.162 e. The molecule has 0 aliphatic carbocycles. The first-order chi connectivity index (χ1) is 6.99. The van der Waals surface area contributed by atoms with Crippen LogP contribution in [0.5, 0.6) is 5.75 Å². The number of Topliss-reactive ketones (excluding diaryl/α,β-unsaturated/α-hetero) is 1. The molecule has 0 aliphatic rings. The molecule has 0 heterocycles. The van der Waals surface area contributed by atoms with E-state index in [2.05, 4.69) is 0 Å². The van der Waals surface area contributed by atoms with Crippen LogP contribution in [-0.4, -0.2) is 11.9 Å². The fraction of sp³-hybridized carbons (Fsp3) is 0.364. The van der Waals surface area contributed by atoms with Crippen molar-refractivity contribution < 1.29 is 18.3 Å². The lowest BCUT2D eigenvalue weighted by atomic mass is 10.2. The van der Waals surface area contributed by atoms with Crippen LogP contribution in [0.1, 0.15) is 20.3 Å². The van der Waals surface area contributed by atoms with E-state index in [0.717, 1.165) is 12.1 Å². The van der Waals surface area contributed by atoms with Crippen LogP contribution in [0.3, 0.4) is 0 Å². The van der Waals surface area contributed by atoms with Gasteiger partial charge in [-0.2, -0.15) is 0 Å². The van der Waals surface area contributed by atoms with Crippen LogP contribution < -0.4 is 4.74 Å². The van der Waals surface area contributed by atoms with E-state index in [1.54, 1.807) is 6.92 Å². The summed E-state index contributed by atoms with van der Waals surface area (Å²) in [6.07, 6.45) is -0.0914. The van der Waals surface area contributed by atoms with Gasteiger partial charge in [-0.05, 0) is 26.0 Å². The molecule has 0 saturated heterocycles. The molecule has 0 radical (unpaired) electrons. The fourth-order valence-electron chi connectivity index (χ4n) is 1.23. The number of ketones is 1. The molecule has 0 fully saturated rings. The van der Waals surface area contributed by atoms with Crippen LogP contribution in [0.2, 0.25) is 0 Å². The van der Waals surface area contributed by atoms with Crippen molar-refractivity contribution in [2.45, 2.75) is 26.4 Å². The number of rotatable bonds is 4. The van der Waals surface area contributed by atoms with Gasteiger partial charge in [0.1, 0.15) is 17.6 Å².